The first-order valence-electron chi connectivity index (χ1n) is 12.6. The van der Waals surface area contributed by atoms with Gasteiger partial charge in [0.15, 0.2) is 6.29 Å². The minimum atomic E-state index is -2.59. The molecule has 0 spiro atoms. The maximum atomic E-state index is 6.99. The van der Waals surface area contributed by atoms with Crippen LogP contribution in [0.4, 0.5) is 0 Å². The second kappa shape index (κ2) is 11.1. The van der Waals surface area contributed by atoms with Gasteiger partial charge >= 0.3 is 8.56 Å². The first-order valence-corrected chi connectivity index (χ1v) is 14.4. The maximum absolute atomic E-state index is 6.99. The number of fused-ring (bicyclic) bond motifs is 1. The first kappa shape index (κ1) is 29.5. The number of methoxy groups -OCH3 is 2. The molecule has 6 nitrogen and oxygen atoms in total. The van der Waals surface area contributed by atoms with Gasteiger partial charge in [-0.3, -0.25) is 0 Å². The molecule has 0 aromatic rings. The van der Waals surface area contributed by atoms with Crippen molar-refractivity contribution in [3.63, 3.8) is 0 Å². The van der Waals surface area contributed by atoms with Crippen LogP contribution in [0.25, 0.3) is 0 Å². The summed E-state index contributed by atoms with van der Waals surface area (Å²) in [6.45, 7) is 26.5. The summed E-state index contributed by atoms with van der Waals surface area (Å²) in [6.07, 6.45) is 3.29. The lowest BCUT2D eigenvalue weighted by Crippen LogP contribution is -2.69. The second-order valence-electron chi connectivity index (χ2n) is 12.4. The molecule has 7 heteroatoms. The van der Waals surface area contributed by atoms with Crippen molar-refractivity contribution in [1.82, 2.24) is 0 Å². The SMILES string of the molecule is C=C(C)C[C@@]1(C)O[C@H]2CO[Si](C(C)(C)C)(C(C)(C)C)O[C@@H]2C[C@@H]1OC(=C)CCCC(OC)OC. The van der Waals surface area contributed by atoms with Gasteiger partial charge in [0.05, 0.1) is 18.5 Å². The van der Waals surface area contributed by atoms with Crippen LogP contribution in [0.3, 0.4) is 0 Å². The first-order chi connectivity index (χ1) is 15.6. The fraction of sp³-hybridized carbons (Fsp3) is 0.852. The van der Waals surface area contributed by atoms with E-state index >= 15 is 0 Å². The lowest BCUT2D eigenvalue weighted by molar-refractivity contribution is -0.243. The molecular weight excluding hydrogens is 448 g/mol. The van der Waals surface area contributed by atoms with Crippen LogP contribution in [-0.2, 0) is 27.8 Å². The van der Waals surface area contributed by atoms with Crippen LogP contribution in [0.2, 0.25) is 10.1 Å². The second-order valence-corrected chi connectivity index (χ2v) is 17.1. The zero-order chi connectivity index (χ0) is 25.9. The minimum Gasteiger partial charge on any atom is -0.492 e. The third-order valence-electron chi connectivity index (χ3n) is 7.09. The van der Waals surface area contributed by atoms with Crippen LogP contribution >= 0.6 is 0 Å². The van der Waals surface area contributed by atoms with Crippen molar-refractivity contribution >= 4 is 8.56 Å². The lowest BCUT2D eigenvalue weighted by Gasteiger charge is -2.58. The molecule has 4 atom stereocenters. The van der Waals surface area contributed by atoms with Gasteiger partial charge < -0.3 is 27.8 Å². The summed E-state index contributed by atoms with van der Waals surface area (Å²) in [4.78, 5) is 0. The molecule has 2 rings (SSSR count). The monoisotopic (exact) mass is 498 g/mol. The van der Waals surface area contributed by atoms with Crippen LogP contribution < -0.4 is 0 Å². The van der Waals surface area contributed by atoms with Gasteiger partial charge in [0.1, 0.15) is 17.8 Å². The van der Waals surface area contributed by atoms with Gasteiger partial charge in [-0.05, 0) is 26.7 Å². The normalized spacial score (nSPS) is 29.6. The van der Waals surface area contributed by atoms with Gasteiger partial charge in [0.25, 0.3) is 0 Å². The van der Waals surface area contributed by atoms with Gasteiger partial charge in [0, 0.05) is 43.6 Å². The van der Waals surface area contributed by atoms with Gasteiger partial charge in [-0.2, -0.15) is 0 Å². The predicted molar refractivity (Wildman–Crippen MR) is 139 cm³/mol. The molecule has 2 aliphatic heterocycles. The number of ether oxygens (including phenoxy) is 4. The molecule has 0 aromatic heterocycles. The molecule has 2 heterocycles. The largest absolute Gasteiger partial charge is 0.492 e. The standard InChI is InChI=1S/C27H50O6Si/c1-19(2)17-27(10)23(31-20(3)14-13-15-24(28-11)29-12)16-21-22(32-27)18-30-34(33-21,25(4,5)6)26(7,8)9/h21-24H,1,3,13-18H2,2,4-12H3/t21-,22+,23+,27-/m1/s1. The summed E-state index contributed by atoms with van der Waals surface area (Å²) in [6, 6.07) is 0. The van der Waals surface area contributed by atoms with Gasteiger partial charge in [-0.15, -0.1) is 6.58 Å². The van der Waals surface area contributed by atoms with Crippen molar-refractivity contribution in [2.45, 2.75) is 128 Å². The van der Waals surface area contributed by atoms with Crippen molar-refractivity contribution in [3.8, 4) is 0 Å². The van der Waals surface area contributed by atoms with Crippen molar-refractivity contribution in [2.24, 2.45) is 0 Å². The highest BCUT2D eigenvalue weighted by molar-refractivity contribution is 6.73. The van der Waals surface area contributed by atoms with Crippen LogP contribution in [-0.4, -0.2) is 59.6 Å². The highest BCUT2D eigenvalue weighted by Gasteiger charge is 2.64. The fourth-order valence-corrected chi connectivity index (χ4v) is 10.7. The smallest absolute Gasteiger partial charge is 0.349 e. The maximum Gasteiger partial charge on any atom is 0.349 e. The van der Waals surface area contributed by atoms with E-state index in [1.807, 2.05) is 6.92 Å². The van der Waals surface area contributed by atoms with E-state index in [1.165, 1.54) is 0 Å². The number of hydrogen-bond acceptors (Lipinski definition) is 6. The Balaban J connectivity index is 2.20. The van der Waals surface area contributed by atoms with Crippen molar-refractivity contribution in [3.05, 3.63) is 24.5 Å². The molecule has 0 aliphatic carbocycles. The Bertz CT molecular complexity index is 691. The average Bonchev–Trinajstić information content (AvgIpc) is 2.69. The van der Waals surface area contributed by atoms with E-state index in [0.29, 0.717) is 13.0 Å². The molecule has 2 fully saturated rings. The minimum absolute atomic E-state index is 0.0683. The summed E-state index contributed by atoms with van der Waals surface area (Å²) >= 11 is 0. The van der Waals surface area contributed by atoms with E-state index in [2.05, 4.69) is 61.6 Å². The van der Waals surface area contributed by atoms with Crippen LogP contribution in [0.5, 0.6) is 0 Å². The molecule has 0 unspecified atom stereocenters. The number of rotatable bonds is 10. The summed E-state index contributed by atoms with van der Waals surface area (Å²) in [5, 5.41) is -0.151. The van der Waals surface area contributed by atoms with Gasteiger partial charge in [-0.25, -0.2) is 0 Å². The zero-order valence-electron chi connectivity index (χ0n) is 23.4. The summed E-state index contributed by atoms with van der Waals surface area (Å²) < 4.78 is 37.4. The third kappa shape index (κ3) is 6.54. The lowest BCUT2D eigenvalue weighted by atomic mass is 9.84. The van der Waals surface area contributed by atoms with Crippen LogP contribution in [0.15, 0.2) is 24.5 Å². The van der Waals surface area contributed by atoms with E-state index in [1.54, 1.807) is 14.2 Å². The molecular formula is C27H50O6Si. The molecule has 2 aliphatic rings. The molecule has 0 aromatic carbocycles. The molecule has 0 radical (unpaired) electrons. The van der Waals surface area contributed by atoms with Crippen molar-refractivity contribution in [1.29, 1.82) is 0 Å². The zero-order valence-corrected chi connectivity index (χ0v) is 24.4. The van der Waals surface area contributed by atoms with E-state index in [-0.39, 0.29) is 34.7 Å². The fourth-order valence-electron chi connectivity index (χ4n) is 5.72. The highest BCUT2D eigenvalue weighted by atomic mass is 28.4. The quantitative estimate of drug-likeness (QED) is 0.146. The molecule has 2 saturated heterocycles. The molecule has 0 bridgehead atoms. The highest BCUT2D eigenvalue weighted by Crippen LogP contribution is 2.55. The van der Waals surface area contributed by atoms with Crippen LogP contribution in [0.1, 0.15) is 87.5 Å². The summed E-state index contributed by atoms with van der Waals surface area (Å²) in [7, 11) is 0.728. The van der Waals surface area contributed by atoms with E-state index in [0.717, 1.165) is 37.0 Å². The summed E-state index contributed by atoms with van der Waals surface area (Å²) in [5.41, 5.74) is 0.545. The third-order valence-corrected chi connectivity index (χ3v) is 12.2. The Morgan fingerprint density at radius 3 is 2.15 bits per heavy atom. The average molecular weight is 499 g/mol. The van der Waals surface area contributed by atoms with E-state index in [9.17, 15) is 0 Å². The van der Waals surface area contributed by atoms with Crippen molar-refractivity contribution in [2.75, 3.05) is 20.8 Å². The Labute approximate surface area is 209 Å². The molecule has 0 amide bonds. The Kier molecular flexibility index (Phi) is 9.67. The molecule has 34 heavy (non-hydrogen) atoms. The number of hydrogen-bond donors (Lipinski definition) is 0. The molecule has 0 N–H and O–H groups in total. The van der Waals surface area contributed by atoms with E-state index in [4.69, 9.17) is 27.8 Å². The van der Waals surface area contributed by atoms with Gasteiger partial charge in [0.2, 0.25) is 0 Å². The Morgan fingerprint density at radius 2 is 1.65 bits per heavy atom. The topological polar surface area (TPSA) is 55.4 Å². The van der Waals surface area contributed by atoms with Gasteiger partial charge in [-0.1, -0.05) is 53.7 Å². The number of allylic oxidation sites excluding steroid dienone is 1. The molecule has 0 saturated carbocycles. The molecule has 198 valence electrons. The Morgan fingerprint density at radius 1 is 1.06 bits per heavy atom. The van der Waals surface area contributed by atoms with Crippen molar-refractivity contribution < 1.29 is 27.8 Å². The summed E-state index contributed by atoms with van der Waals surface area (Å²) in [5.74, 6) is 0.758. The van der Waals surface area contributed by atoms with Crippen LogP contribution in [0, 0.1) is 0 Å². The van der Waals surface area contributed by atoms with E-state index < -0.39 is 14.2 Å². The Hall–Kier alpha value is -0.703. The predicted octanol–water partition coefficient (Wildman–Crippen LogP) is 6.65.